The molecular weight excluding hydrogens is 423 g/mol. The van der Waals surface area contributed by atoms with Crippen LogP contribution in [0.5, 0.6) is 0 Å². The Morgan fingerprint density at radius 1 is 1.15 bits per heavy atom. The third kappa shape index (κ3) is 3.30. The van der Waals surface area contributed by atoms with Gasteiger partial charge in [-0.3, -0.25) is 14.4 Å². The van der Waals surface area contributed by atoms with Crippen LogP contribution in [0.4, 0.5) is 4.39 Å². The second kappa shape index (κ2) is 7.22. The van der Waals surface area contributed by atoms with Gasteiger partial charge in [-0.25, -0.2) is 4.39 Å². The average Bonchev–Trinajstić information content (AvgIpc) is 3.40. The summed E-state index contributed by atoms with van der Waals surface area (Å²) in [6.45, 7) is 9.20. The van der Waals surface area contributed by atoms with Crippen LogP contribution in [-0.2, 0) is 19.1 Å². The second-order valence-corrected chi connectivity index (χ2v) is 13.0. The molecule has 0 aromatic rings. The summed E-state index contributed by atoms with van der Waals surface area (Å²) in [5.41, 5.74) is -1.01. The highest BCUT2D eigenvalue weighted by atomic mass is 19.1. The average molecular weight is 461 g/mol. The summed E-state index contributed by atoms with van der Waals surface area (Å²) in [6.07, 6.45) is 2.46. The molecule has 5 aliphatic carbocycles. The minimum absolute atomic E-state index is 0.00553. The van der Waals surface area contributed by atoms with Crippen LogP contribution in [0.25, 0.3) is 0 Å². The zero-order valence-corrected chi connectivity index (χ0v) is 20.4. The van der Waals surface area contributed by atoms with Crippen molar-refractivity contribution >= 4 is 17.5 Å². The number of carbonyl (C=O) groups is 3. The van der Waals surface area contributed by atoms with Gasteiger partial charge in [-0.15, -0.1) is 0 Å². The minimum atomic E-state index is -1.17. The van der Waals surface area contributed by atoms with Crippen LogP contribution >= 0.6 is 0 Å². The number of rotatable bonds is 3. The number of allylic oxidation sites excluding steroid dienone is 1. The van der Waals surface area contributed by atoms with Crippen LogP contribution in [0.2, 0.25) is 0 Å². The molecule has 1 N–H and O–H groups in total. The molecule has 0 aromatic carbocycles. The van der Waals surface area contributed by atoms with E-state index in [1.165, 1.54) is 6.08 Å². The van der Waals surface area contributed by atoms with E-state index in [9.17, 15) is 19.5 Å². The lowest BCUT2D eigenvalue weighted by atomic mass is 9.44. The third-order valence-corrected chi connectivity index (χ3v) is 9.96. The molecule has 0 unspecified atom stereocenters. The van der Waals surface area contributed by atoms with Crippen molar-refractivity contribution < 1.29 is 28.6 Å². The van der Waals surface area contributed by atoms with Gasteiger partial charge in [-0.1, -0.05) is 13.8 Å². The molecule has 6 heteroatoms. The number of hydrogen-bond acceptors (Lipinski definition) is 5. The van der Waals surface area contributed by atoms with E-state index >= 15 is 4.39 Å². The maximum atomic E-state index is 15.5. The number of aliphatic hydroxyl groups is 1. The molecule has 0 amide bonds. The first-order valence-corrected chi connectivity index (χ1v) is 12.6. The highest BCUT2D eigenvalue weighted by molar-refractivity contribution is 5.92. The lowest BCUT2D eigenvalue weighted by Crippen LogP contribution is -2.60. The van der Waals surface area contributed by atoms with Crippen molar-refractivity contribution in [2.24, 2.45) is 51.8 Å². The normalized spacial score (nSPS) is 48.1. The molecule has 4 saturated carbocycles. The van der Waals surface area contributed by atoms with E-state index in [1.54, 1.807) is 20.8 Å². The Morgan fingerprint density at radius 3 is 2.52 bits per heavy atom. The Balaban J connectivity index is 1.43. The summed E-state index contributed by atoms with van der Waals surface area (Å²) < 4.78 is 20.9. The van der Waals surface area contributed by atoms with Crippen molar-refractivity contribution in [1.29, 1.82) is 0 Å². The summed E-state index contributed by atoms with van der Waals surface area (Å²) in [7, 11) is 0. The molecule has 0 saturated heterocycles. The lowest BCUT2D eigenvalue weighted by molar-refractivity contribution is -0.164. The number of carbonyl (C=O) groups excluding carboxylic acids is 3. The van der Waals surface area contributed by atoms with Gasteiger partial charge in [0.2, 0.25) is 0 Å². The Kier molecular flexibility index (Phi) is 5.08. The van der Waals surface area contributed by atoms with Gasteiger partial charge in [0, 0.05) is 12.3 Å². The number of ether oxygens (including phenoxy) is 1. The quantitative estimate of drug-likeness (QED) is 0.642. The summed E-state index contributed by atoms with van der Waals surface area (Å²) in [4.78, 5) is 37.6. The zero-order valence-electron chi connectivity index (χ0n) is 20.4. The SMILES string of the molecule is CC(C)(C)C(=O)OCC(=O)[C@H]1[C@@H]2C[C@@H]2[C@H]2[C@@H]3C[C@H](F)C4=CC(=O)CC[C@]4(C)[C@H]3[C@@H](O)C[C@@]21C. The van der Waals surface area contributed by atoms with Crippen LogP contribution < -0.4 is 0 Å². The van der Waals surface area contributed by atoms with E-state index in [1.807, 2.05) is 6.92 Å². The van der Waals surface area contributed by atoms with Gasteiger partial charge in [-0.2, -0.15) is 0 Å². The van der Waals surface area contributed by atoms with Gasteiger partial charge in [-0.05, 0) is 98.5 Å². The number of Topliss-reactive ketones (excluding diaryl/α,β-unsaturated/α-hetero) is 1. The van der Waals surface area contributed by atoms with Crippen molar-refractivity contribution in [3.8, 4) is 0 Å². The monoisotopic (exact) mass is 460 g/mol. The van der Waals surface area contributed by atoms with E-state index in [0.717, 1.165) is 6.42 Å². The van der Waals surface area contributed by atoms with E-state index in [4.69, 9.17) is 4.74 Å². The zero-order chi connectivity index (χ0) is 24.1. The first kappa shape index (κ1) is 23.2. The maximum Gasteiger partial charge on any atom is 0.311 e. The molecular formula is C27H37FO5. The molecule has 0 aliphatic heterocycles. The van der Waals surface area contributed by atoms with Gasteiger partial charge < -0.3 is 9.84 Å². The number of esters is 1. The summed E-state index contributed by atoms with van der Waals surface area (Å²) in [5.74, 6) is -0.0286. The Labute approximate surface area is 195 Å². The van der Waals surface area contributed by atoms with Gasteiger partial charge in [0.15, 0.2) is 11.6 Å². The standard InChI is InChI=1S/C27H37FO5/c1-25(2,3)24(32)33-12-20(31)22-15-9-14(15)21-16-10-18(28)17-8-13(29)6-7-26(17,4)23(16)19(30)11-27(21,22)5/h8,14-16,18-19,21-23,30H,6-7,9-12H2,1-5H3/t14-,15+,16-,18-,19-,21-,22+,23+,26-,27-/m0/s1. The maximum absolute atomic E-state index is 15.5. The van der Waals surface area contributed by atoms with Crippen LogP contribution in [0.1, 0.15) is 66.7 Å². The summed E-state index contributed by atoms with van der Waals surface area (Å²) in [5, 5.41) is 11.5. The number of alkyl halides is 1. The minimum Gasteiger partial charge on any atom is -0.457 e. The van der Waals surface area contributed by atoms with E-state index in [2.05, 4.69) is 6.92 Å². The predicted octanol–water partition coefficient (Wildman–Crippen LogP) is 4.07. The van der Waals surface area contributed by atoms with Gasteiger partial charge in [0.25, 0.3) is 0 Å². The molecule has 5 rings (SSSR count). The molecule has 0 spiro atoms. The number of hydrogen-bond donors (Lipinski definition) is 1. The molecule has 33 heavy (non-hydrogen) atoms. The smallest absolute Gasteiger partial charge is 0.311 e. The topological polar surface area (TPSA) is 80.7 Å². The molecule has 182 valence electrons. The van der Waals surface area contributed by atoms with E-state index in [0.29, 0.717) is 37.2 Å². The third-order valence-electron chi connectivity index (χ3n) is 9.96. The second-order valence-electron chi connectivity index (χ2n) is 13.0. The largest absolute Gasteiger partial charge is 0.457 e. The molecule has 10 atom stereocenters. The fraction of sp³-hybridized carbons (Fsp3) is 0.815. The first-order valence-electron chi connectivity index (χ1n) is 12.6. The van der Waals surface area contributed by atoms with Crippen molar-refractivity contribution in [3.05, 3.63) is 11.6 Å². The highest BCUT2D eigenvalue weighted by Crippen LogP contribution is 2.75. The number of aliphatic hydroxyl groups excluding tert-OH is 1. The predicted molar refractivity (Wildman–Crippen MR) is 120 cm³/mol. The number of ketones is 2. The molecule has 5 nitrogen and oxygen atoms in total. The molecule has 0 radical (unpaired) electrons. The fourth-order valence-corrected chi connectivity index (χ4v) is 8.72. The fourth-order valence-electron chi connectivity index (χ4n) is 8.72. The van der Waals surface area contributed by atoms with Crippen LogP contribution in [-0.4, -0.2) is 41.5 Å². The first-order chi connectivity index (χ1) is 15.3. The summed E-state index contributed by atoms with van der Waals surface area (Å²) in [6, 6.07) is 0. The van der Waals surface area contributed by atoms with Gasteiger partial charge >= 0.3 is 5.97 Å². The molecule has 0 heterocycles. The Morgan fingerprint density at radius 2 is 1.85 bits per heavy atom. The number of halogens is 1. The number of fused-ring (bicyclic) bond motifs is 7. The van der Waals surface area contributed by atoms with Crippen LogP contribution in [0.15, 0.2) is 11.6 Å². The van der Waals surface area contributed by atoms with Crippen LogP contribution in [0, 0.1) is 51.8 Å². The Hall–Kier alpha value is -1.56. The summed E-state index contributed by atoms with van der Waals surface area (Å²) >= 11 is 0. The van der Waals surface area contributed by atoms with Crippen molar-refractivity contribution in [3.63, 3.8) is 0 Å². The molecule has 0 aromatic heterocycles. The van der Waals surface area contributed by atoms with Crippen molar-refractivity contribution in [1.82, 2.24) is 0 Å². The van der Waals surface area contributed by atoms with Crippen molar-refractivity contribution in [2.75, 3.05) is 6.61 Å². The molecule has 4 fully saturated rings. The Bertz CT molecular complexity index is 933. The van der Waals surface area contributed by atoms with Crippen molar-refractivity contribution in [2.45, 2.75) is 79.0 Å². The van der Waals surface area contributed by atoms with Gasteiger partial charge in [0.05, 0.1) is 11.5 Å². The lowest BCUT2D eigenvalue weighted by Gasteiger charge is -2.61. The molecule has 5 aliphatic rings. The highest BCUT2D eigenvalue weighted by Gasteiger charge is 2.73. The van der Waals surface area contributed by atoms with Crippen LogP contribution in [0.3, 0.4) is 0 Å². The van der Waals surface area contributed by atoms with E-state index in [-0.39, 0.29) is 47.8 Å². The van der Waals surface area contributed by atoms with Gasteiger partial charge in [0.1, 0.15) is 12.8 Å². The van der Waals surface area contributed by atoms with E-state index < -0.39 is 34.5 Å². The molecule has 0 bridgehead atoms.